The summed E-state index contributed by atoms with van der Waals surface area (Å²) in [6, 6.07) is 10.7. The molecule has 0 saturated heterocycles. The highest BCUT2D eigenvalue weighted by Gasteiger charge is 2.35. The Hall–Kier alpha value is -1.04. The van der Waals surface area contributed by atoms with Crippen molar-refractivity contribution in [2.45, 2.75) is 12.3 Å². The van der Waals surface area contributed by atoms with Crippen LogP contribution in [0.2, 0.25) is 0 Å². The van der Waals surface area contributed by atoms with Crippen LogP contribution in [0.3, 0.4) is 0 Å². The Morgan fingerprint density at radius 1 is 1.27 bits per heavy atom. The van der Waals surface area contributed by atoms with Gasteiger partial charge in [0.15, 0.2) is 0 Å². The Morgan fingerprint density at radius 2 is 2.00 bits per heavy atom. The van der Waals surface area contributed by atoms with E-state index in [1.54, 1.807) is 0 Å². The first kappa shape index (κ1) is 6.66. The number of benzene rings is 1. The highest BCUT2D eigenvalue weighted by Crippen LogP contribution is 2.47. The fourth-order valence-corrected chi connectivity index (χ4v) is 1.56. The van der Waals surface area contributed by atoms with E-state index in [2.05, 4.69) is 43.0 Å². The van der Waals surface area contributed by atoms with E-state index in [1.165, 1.54) is 12.0 Å². The van der Waals surface area contributed by atoms with Gasteiger partial charge in [-0.2, -0.15) is 0 Å². The van der Waals surface area contributed by atoms with Gasteiger partial charge in [-0.25, -0.2) is 0 Å². The molecule has 1 aromatic carbocycles. The maximum Gasteiger partial charge on any atom is -0.00931 e. The summed E-state index contributed by atoms with van der Waals surface area (Å²) in [6.07, 6.45) is 3.37. The van der Waals surface area contributed by atoms with Crippen LogP contribution in [0.4, 0.5) is 0 Å². The molecule has 0 N–H and O–H groups in total. The predicted molar refractivity (Wildman–Crippen MR) is 47.5 cm³/mol. The molecular formula is C11H12. The third-order valence-electron chi connectivity index (χ3n) is 2.37. The highest BCUT2D eigenvalue weighted by atomic mass is 14.4. The van der Waals surface area contributed by atoms with Gasteiger partial charge in [0.25, 0.3) is 0 Å². The van der Waals surface area contributed by atoms with Gasteiger partial charge in [0.05, 0.1) is 0 Å². The molecule has 1 aliphatic carbocycles. The van der Waals surface area contributed by atoms with Gasteiger partial charge in [-0.1, -0.05) is 36.4 Å². The SMILES string of the molecule is C=CC1CC1c1ccccc1. The molecule has 56 valence electrons. The number of hydrogen-bond donors (Lipinski definition) is 0. The first-order chi connectivity index (χ1) is 5.42. The molecule has 0 nitrogen and oxygen atoms in total. The van der Waals surface area contributed by atoms with Crippen LogP contribution in [0.25, 0.3) is 0 Å². The Bertz CT molecular complexity index is 248. The lowest BCUT2D eigenvalue weighted by molar-refractivity contribution is 1.01. The smallest absolute Gasteiger partial charge is 0.00931 e. The number of allylic oxidation sites excluding steroid dienone is 1. The second-order valence-corrected chi connectivity index (χ2v) is 3.15. The Labute approximate surface area is 67.6 Å². The van der Waals surface area contributed by atoms with Crippen molar-refractivity contribution in [3.63, 3.8) is 0 Å². The van der Waals surface area contributed by atoms with E-state index < -0.39 is 0 Å². The summed E-state index contributed by atoms with van der Waals surface area (Å²) in [5.41, 5.74) is 1.47. The third-order valence-corrected chi connectivity index (χ3v) is 2.37. The highest BCUT2D eigenvalue weighted by molar-refractivity contribution is 5.27. The van der Waals surface area contributed by atoms with Gasteiger partial charge in [-0.15, -0.1) is 6.58 Å². The van der Waals surface area contributed by atoms with Gasteiger partial charge in [0, 0.05) is 0 Å². The molecular weight excluding hydrogens is 132 g/mol. The molecule has 0 aliphatic heterocycles. The lowest BCUT2D eigenvalue weighted by Crippen LogP contribution is -1.78. The lowest BCUT2D eigenvalue weighted by Gasteiger charge is -1.95. The molecule has 2 unspecified atom stereocenters. The third kappa shape index (κ3) is 1.21. The molecule has 11 heavy (non-hydrogen) atoms. The number of rotatable bonds is 2. The summed E-state index contributed by atoms with van der Waals surface area (Å²) in [5, 5.41) is 0. The van der Waals surface area contributed by atoms with Crippen molar-refractivity contribution in [2.75, 3.05) is 0 Å². The van der Waals surface area contributed by atoms with Crippen LogP contribution in [-0.2, 0) is 0 Å². The summed E-state index contributed by atoms with van der Waals surface area (Å²) >= 11 is 0. The van der Waals surface area contributed by atoms with Crippen molar-refractivity contribution in [3.8, 4) is 0 Å². The van der Waals surface area contributed by atoms with E-state index in [9.17, 15) is 0 Å². The second-order valence-electron chi connectivity index (χ2n) is 3.15. The van der Waals surface area contributed by atoms with E-state index in [-0.39, 0.29) is 0 Å². The minimum absolute atomic E-state index is 0.748. The minimum Gasteiger partial charge on any atom is -0.103 e. The van der Waals surface area contributed by atoms with Crippen molar-refractivity contribution in [3.05, 3.63) is 48.6 Å². The second kappa shape index (κ2) is 2.54. The average molecular weight is 144 g/mol. The van der Waals surface area contributed by atoms with E-state index in [4.69, 9.17) is 0 Å². The molecule has 2 rings (SSSR count). The molecule has 0 heterocycles. The van der Waals surface area contributed by atoms with Gasteiger partial charge >= 0.3 is 0 Å². The van der Waals surface area contributed by atoms with Crippen LogP contribution in [0, 0.1) is 5.92 Å². The van der Waals surface area contributed by atoms with Crippen LogP contribution in [0.5, 0.6) is 0 Å². The van der Waals surface area contributed by atoms with E-state index in [0.717, 1.165) is 11.8 Å². The maximum atomic E-state index is 3.80. The fraction of sp³-hybridized carbons (Fsp3) is 0.273. The normalized spacial score (nSPS) is 28.0. The maximum absolute atomic E-state index is 3.80. The van der Waals surface area contributed by atoms with Crippen LogP contribution in [0.1, 0.15) is 17.9 Å². The molecule has 1 fully saturated rings. The Balaban J connectivity index is 2.14. The van der Waals surface area contributed by atoms with Crippen LogP contribution >= 0.6 is 0 Å². The molecule has 0 radical (unpaired) electrons. The molecule has 0 spiro atoms. The Morgan fingerprint density at radius 3 is 2.55 bits per heavy atom. The van der Waals surface area contributed by atoms with Crippen molar-refractivity contribution in [1.29, 1.82) is 0 Å². The molecule has 1 aromatic rings. The van der Waals surface area contributed by atoms with Crippen molar-refractivity contribution >= 4 is 0 Å². The van der Waals surface area contributed by atoms with E-state index in [0.29, 0.717) is 0 Å². The average Bonchev–Trinajstić information content (AvgIpc) is 2.85. The van der Waals surface area contributed by atoms with Crippen LogP contribution in [0.15, 0.2) is 43.0 Å². The quantitative estimate of drug-likeness (QED) is 0.560. The first-order valence-corrected chi connectivity index (χ1v) is 4.09. The molecule has 0 heteroatoms. The zero-order chi connectivity index (χ0) is 7.68. The van der Waals surface area contributed by atoms with Crippen LogP contribution < -0.4 is 0 Å². The molecule has 2 atom stereocenters. The molecule has 1 aliphatic rings. The first-order valence-electron chi connectivity index (χ1n) is 4.09. The van der Waals surface area contributed by atoms with E-state index in [1.807, 2.05) is 0 Å². The topological polar surface area (TPSA) is 0 Å². The van der Waals surface area contributed by atoms with Gasteiger partial charge in [-0.3, -0.25) is 0 Å². The minimum atomic E-state index is 0.748. The van der Waals surface area contributed by atoms with Crippen molar-refractivity contribution in [2.24, 2.45) is 5.92 Å². The van der Waals surface area contributed by atoms with Gasteiger partial charge in [0.2, 0.25) is 0 Å². The van der Waals surface area contributed by atoms with Gasteiger partial charge in [-0.05, 0) is 23.8 Å². The van der Waals surface area contributed by atoms with Gasteiger partial charge in [0.1, 0.15) is 0 Å². The zero-order valence-corrected chi connectivity index (χ0v) is 6.53. The summed E-state index contributed by atoms with van der Waals surface area (Å²) < 4.78 is 0. The summed E-state index contributed by atoms with van der Waals surface area (Å²) in [5.74, 6) is 1.52. The largest absolute Gasteiger partial charge is 0.103 e. The summed E-state index contributed by atoms with van der Waals surface area (Å²) in [7, 11) is 0. The van der Waals surface area contributed by atoms with Crippen molar-refractivity contribution < 1.29 is 0 Å². The number of hydrogen-bond acceptors (Lipinski definition) is 0. The molecule has 0 bridgehead atoms. The molecule has 1 saturated carbocycles. The van der Waals surface area contributed by atoms with Crippen molar-refractivity contribution in [1.82, 2.24) is 0 Å². The predicted octanol–water partition coefficient (Wildman–Crippen LogP) is 2.98. The summed E-state index contributed by atoms with van der Waals surface area (Å²) in [6.45, 7) is 3.80. The monoisotopic (exact) mass is 144 g/mol. The summed E-state index contributed by atoms with van der Waals surface area (Å²) in [4.78, 5) is 0. The zero-order valence-electron chi connectivity index (χ0n) is 6.53. The fourth-order valence-electron chi connectivity index (χ4n) is 1.56. The molecule has 0 amide bonds. The van der Waals surface area contributed by atoms with Crippen LogP contribution in [-0.4, -0.2) is 0 Å². The Kier molecular flexibility index (Phi) is 1.54. The standard InChI is InChI=1S/C11H12/c1-2-9-8-11(9)10-6-4-3-5-7-10/h2-7,9,11H,1,8H2. The lowest BCUT2D eigenvalue weighted by atomic mass is 10.1. The molecule has 0 aromatic heterocycles. The van der Waals surface area contributed by atoms with Gasteiger partial charge < -0.3 is 0 Å². The van der Waals surface area contributed by atoms with E-state index >= 15 is 0 Å².